The minimum absolute atomic E-state index is 0.0580. The van der Waals surface area contributed by atoms with E-state index in [0.717, 1.165) is 56.2 Å². The molecule has 0 unspecified atom stereocenters. The van der Waals surface area contributed by atoms with Crippen LogP contribution in [0.2, 0.25) is 0 Å². The van der Waals surface area contributed by atoms with Gasteiger partial charge in [-0.15, -0.1) is 11.3 Å². The van der Waals surface area contributed by atoms with Gasteiger partial charge in [-0.2, -0.15) is 0 Å². The van der Waals surface area contributed by atoms with Crippen molar-refractivity contribution in [2.75, 3.05) is 9.80 Å². The number of para-hydroxylation sites is 2. The Morgan fingerprint density at radius 3 is 1.40 bits per heavy atom. The molecule has 0 aliphatic carbocycles. The van der Waals surface area contributed by atoms with Gasteiger partial charge in [0.05, 0.1) is 5.52 Å². The van der Waals surface area contributed by atoms with Crippen LogP contribution in [0.25, 0.3) is 58.7 Å². The van der Waals surface area contributed by atoms with Crippen molar-refractivity contribution < 1.29 is 4.42 Å². The van der Waals surface area contributed by atoms with Crippen LogP contribution in [0.1, 0.15) is 79.0 Å². The maximum absolute atomic E-state index is 7.09. The smallest absolute Gasteiger partial charge is 0.161 e. The fourth-order valence-corrected chi connectivity index (χ4v) is 10.8. The molecule has 0 aliphatic heterocycles. The van der Waals surface area contributed by atoms with E-state index >= 15 is 0 Å². The third-order valence-electron chi connectivity index (χ3n) is 13.0. The quantitative estimate of drug-likeness (QED) is 0.167. The number of furan rings is 1. The van der Waals surface area contributed by atoms with Crippen LogP contribution in [-0.2, 0) is 16.2 Å². The third kappa shape index (κ3) is 6.39. The van der Waals surface area contributed by atoms with Gasteiger partial charge in [0.15, 0.2) is 5.58 Å². The Labute approximate surface area is 373 Å². The van der Waals surface area contributed by atoms with Crippen molar-refractivity contribution in [3.05, 3.63) is 174 Å². The molecule has 11 rings (SSSR count). The highest BCUT2D eigenvalue weighted by Gasteiger charge is 2.29. The summed E-state index contributed by atoms with van der Waals surface area (Å²) >= 11 is 1.88. The Balaban J connectivity index is 1.12. The molecule has 0 atom stereocenters. The van der Waals surface area contributed by atoms with E-state index in [1.54, 1.807) is 0 Å². The van der Waals surface area contributed by atoms with Crippen LogP contribution < -0.4 is 9.80 Å². The molecule has 7 aromatic carbocycles. The van der Waals surface area contributed by atoms with Crippen molar-refractivity contribution in [3.8, 4) is 0 Å². The standard InChI is InChI=1S/C58H53N3OS/c1-56(2,3)36-20-24-41(25-21-36)59(39-16-12-10-13-17-39)43-28-30-45-49(34-43)62-54-48-33-38(58(7,8)9)32-47-51-46-31-29-44(35-50(46)63-55(51)61(52(47)48)53(45)54)60(40-18-14-11-15-19-40)42-26-22-37(23-27-42)57(4,5)6/h10-35H,1-9H3. The summed E-state index contributed by atoms with van der Waals surface area (Å²) in [5.41, 5.74) is 14.9. The monoisotopic (exact) mass is 839 g/mol. The Morgan fingerprint density at radius 2 is 0.873 bits per heavy atom. The summed E-state index contributed by atoms with van der Waals surface area (Å²) in [5, 5.41) is 6.17. The Bertz CT molecular complexity index is 3480. The van der Waals surface area contributed by atoms with Crippen LogP contribution in [0.3, 0.4) is 0 Å². The summed E-state index contributed by atoms with van der Waals surface area (Å²) in [6.45, 7) is 20.5. The molecule has 0 spiro atoms. The van der Waals surface area contributed by atoms with E-state index in [2.05, 4.69) is 234 Å². The van der Waals surface area contributed by atoms with E-state index in [4.69, 9.17) is 4.42 Å². The minimum Gasteiger partial charge on any atom is -0.454 e. The molecule has 0 amide bonds. The highest BCUT2D eigenvalue weighted by Crippen LogP contribution is 2.51. The number of thiophene rings is 1. The predicted octanol–water partition coefficient (Wildman–Crippen LogP) is 17.6. The Hall–Kier alpha value is -6.56. The molecule has 312 valence electrons. The van der Waals surface area contributed by atoms with Crippen LogP contribution in [0.15, 0.2) is 162 Å². The van der Waals surface area contributed by atoms with Crippen LogP contribution in [0.4, 0.5) is 34.1 Å². The first kappa shape index (κ1) is 39.3. The number of rotatable bonds is 6. The molecular weight excluding hydrogens is 787 g/mol. The first-order valence-corrected chi connectivity index (χ1v) is 23.0. The summed E-state index contributed by atoms with van der Waals surface area (Å²) in [6, 6.07) is 58.1. The summed E-state index contributed by atoms with van der Waals surface area (Å²) in [7, 11) is 0. The number of nitrogens with zero attached hydrogens (tertiary/aromatic N) is 3. The van der Waals surface area contributed by atoms with Crippen molar-refractivity contribution >= 4 is 104 Å². The molecule has 5 heteroatoms. The Kier molecular flexibility index (Phi) is 8.72. The summed E-state index contributed by atoms with van der Waals surface area (Å²) in [6.07, 6.45) is 0. The first-order valence-electron chi connectivity index (χ1n) is 22.2. The average molecular weight is 840 g/mol. The molecule has 4 aromatic heterocycles. The zero-order valence-corrected chi connectivity index (χ0v) is 38.5. The van der Waals surface area contributed by atoms with Gasteiger partial charge in [-0.3, -0.25) is 4.40 Å². The van der Waals surface area contributed by atoms with Gasteiger partial charge in [0, 0.05) is 71.8 Å². The predicted molar refractivity (Wildman–Crippen MR) is 272 cm³/mol. The molecule has 0 N–H and O–H groups in total. The van der Waals surface area contributed by atoms with E-state index in [9.17, 15) is 0 Å². The zero-order chi connectivity index (χ0) is 43.6. The second-order valence-corrected chi connectivity index (χ2v) is 21.4. The van der Waals surface area contributed by atoms with Gasteiger partial charge < -0.3 is 14.2 Å². The first-order chi connectivity index (χ1) is 30.1. The van der Waals surface area contributed by atoms with Crippen molar-refractivity contribution in [1.82, 2.24) is 4.40 Å². The zero-order valence-electron chi connectivity index (χ0n) is 37.7. The van der Waals surface area contributed by atoms with Crippen LogP contribution in [0.5, 0.6) is 0 Å². The Morgan fingerprint density at radius 1 is 0.413 bits per heavy atom. The fraction of sp³-hybridized carbons (Fsp3) is 0.207. The molecule has 0 aliphatic rings. The van der Waals surface area contributed by atoms with Crippen LogP contribution >= 0.6 is 11.3 Å². The second-order valence-electron chi connectivity index (χ2n) is 20.4. The van der Waals surface area contributed by atoms with Crippen molar-refractivity contribution in [2.24, 2.45) is 0 Å². The highest BCUT2D eigenvalue weighted by atomic mass is 32.1. The number of anilines is 6. The van der Waals surface area contributed by atoms with Gasteiger partial charge in [-0.25, -0.2) is 0 Å². The van der Waals surface area contributed by atoms with E-state index in [1.165, 1.54) is 53.3 Å². The summed E-state index contributed by atoms with van der Waals surface area (Å²) in [4.78, 5) is 5.96. The number of benzene rings is 7. The molecular formula is C58H53N3OS. The highest BCUT2D eigenvalue weighted by molar-refractivity contribution is 7.25. The van der Waals surface area contributed by atoms with Gasteiger partial charge in [0.1, 0.15) is 15.9 Å². The maximum Gasteiger partial charge on any atom is 0.161 e. The normalized spacial score (nSPS) is 12.8. The third-order valence-corrected chi connectivity index (χ3v) is 14.1. The molecule has 63 heavy (non-hydrogen) atoms. The molecule has 0 radical (unpaired) electrons. The van der Waals surface area contributed by atoms with Crippen molar-refractivity contribution in [3.63, 3.8) is 0 Å². The lowest BCUT2D eigenvalue weighted by molar-refractivity contribution is 0.590. The summed E-state index contributed by atoms with van der Waals surface area (Å²) in [5.74, 6) is 0. The number of hydrogen-bond acceptors (Lipinski definition) is 4. The summed E-state index contributed by atoms with van der Waals surface area (Å²) < 4.78 is 10.9. The van der Waals surface area contributed by atoms with Crippen molar-refractivity contribution in [1.29, 1.82) is 0 Å². The molecule has 4 heterocycles. The lowest BCUT2D eigenvalue weighted by Gasteiger charge is -2.27. The van der Waals surface area contributed by atoms with Gasteiger partial charge >= 0.3 is 0 Å². The minimum atomic E-state index is -0.0580. The second kappa shape index (κ2) is 14.0. The van der Waals surface area contributed by atoms with E-state index < -0.39 is 0 Å². The van der Waals surface area contributed by atoms with Gasteiger partial charge in [-0.1, -0.05) is 129 Å². The topological polar surface area (TPSA) is 24.0 Å². The molecule has 11 aromatic rings. The number of aromatic nitrogens is 1. The molecule has 0 saturated heterocycles. The van der Waals surface area contributed by atoms with E-state index in [1.807, 2.05) is 11.3 Å². The van der Waals surface area contributed by atoms with Crippen molar-refractivity contribution in [2.45, 2.75) is 78.6 Å². The van der Waals surface area contributed by atoms with Crippen LogP contribution in [0, 0.1) is 0 Å². The van der Waals surface area contributed by atoms with E-state index in [0.29, 0.717) is 0 Å². The number of hydrogen-bond donors (Lipinski definition) is 0. The molecule has 4 nitrogen and oxygen atoms in total. The SMILES string of the molecule is CC(C)(C)c1ccc(N(c2ccccc2)c2ccc3c(c2)oc2c4cc(C(C)(C)C)cc5c6c7ccc(N(c8ccccc8)c8ccc(C(C)(C)C)cc8)cc7sc6n(c45)c32)cc1. The van der Waals surface area contributed by atoms with E-state index in [-0.39, 0.29) is 16.2 Å². The molecule has 0 bridgehead atoms. The van der Waals surface area contributed by atoms with Gasteiger partial charge in [0.25, 0.3) is 0 Å². The maximum atomic E-state index is 7.09. The largest absolute Gasteiger partial charge is 0.454 e. The van der Waals surface area contributed by atoms with Crippen LogP contribution in [-0.4, -0.2) is 4.40 Å². The van der Waals surface area contributed by atoms with Gasteiger partial charge in [0.2, 0.25) is 0 Å². The average Bonchev–Trinajstić information content (AvgIpc) is 3.99. The number of fused-ring (bicyclic) bond motifs is 10. The fourth-order valence-electron chi connectivity index (χ4n) is 9.50. The van der Waals surface area contributed by atoms with Gasteiger partial charge in [-0.05, 0) is 118 Å². The molecule has 0 fully saturated rings. The lowest BCUT2D eigenvalue weighted by atomic mass is 9.85. The molecule has 0 saturated carbocycles. The lowest BCUT2D eigenvalue weighted by Crippen LogP contribution is -2.13.